The highest BCUT2D eigenvalue weighted by Gasteiger charge is 2.17. The van der Waals surface area contributed by atoms with Crippen molar-refractivity contribution in [2.24, 2.45) is 0 Å². The minimum atomic E-state index is 0.788. The van der Waals surface area contributed by atoms with E-state index in [1.807, 2.05) is 23.5 Å². The summed E-state index contributed by atoms with van der Waals surface area (Å²) in [5.74, 6) is 0. The first-order valence-corrected chi connectivity index (χ1v) is 17.4. The summed E-state index contributed by atoms with van der Waals surface area (Å²) in [6.45, 7) is 0. The molecule has 0 amide bonds. The number of hydrogen-bond acceptors (Lipinski definition) is 3. The van der Waals surface area contributed by atoms with E-state index in [-0.39, 0.29) is 0 Å². The van der Waals surface area contributed by atoms with Crippen LogP contribution in [0.25, 0.3) is 64.3 Å². The molecule has 0 spiro atoms. The standard InChI is InChI=1S/C46H32N2S/c47-43-28-27-38(41-16-9-15-39(46(41)43)33-12-5-2-6-13-33)34-20-24-36(25-21-34)48(35-22-18-32(19-23-35)31-10-3-1-4-11-31)37-26-29-45-42(30-37)40-14-7-8-17-44(40)49-45/h1-30H,47H2. The van der Waals surface area contributed by atoms with Gasteiger partial charge in [0.05, 0.1) is 0 Å². The van der Waals surface area contributed by atoms with Gasteiger partial charge in [0.25, 0.3) is 0 Å². The molecule has 1 heterocycles. The van der Waals surface area contributed by atoms with E-state index in [9.17, 15) is 0 Å². The van der Waals surface area contributed by atoms with Crippen molar-refractivity contribution in [1.82, 2.24) is 0 Å². The Hall–Kier alpha value is -6.16. The van der Waals surface area contributed by atoms with E-state index in [4.69, 9.17) is 5.73 Å². The fourth-order valence-corrected chi connectivity index (χ4v) is 8.15. The SMILES string of the molecule is Nc1ccc(-c2ccc(N(c3ccc(-c4ccccc4)cc3)c3ccc4sc5ccccc5c4c3)cc2)c2cccc(-c3ccccc3)c12. The van der Waals surface area contributed by atoms with E-state index >= 15 is 0 Å². The van der Waals surface area contributed by atoms with Gasteiger partial charge in [0.2, 0.25) is 0 Å². The molecule has 0 radical (unpaired) electrons. The Labute approximate surface area is 290 Å². The van der Waals surface area contributed by atoms with Crippen molar-refractivity contribution in [2.45, 2.75) is 0 Å². The monoisotopic (exact) mass is 644 g/mol. The number of nitrogens with two attached hydrogens (primary N) is 1. The zero-order chi connectivity index (χ0) is 32.7. The highest BCUT2D eigenvalue weighted by Crippen LogP contribution is 2.43. The van der Waals surface area contributed by atoms with Crippen LogP contribution in [0, 0.1) is 0 Å². The van der Waals surface area contributed by atoms with E-state index < -0.39 is 0 Å². The smallest absolute Gasteiger partial charge is 0.0468 e. The van der Waals surface area contributed by atoms with Crippen LogP contribution in [-0.4, -0.2) is 0 Å². The van der Waals surface area contributed by atoms with Crippen molar-refractivity contribution in [3.63, 3.8) is 0 Å². The lowest BCUT2D eigenvalue weighted by molar-refractivity contribution is 1.29. The molecule has 0 saturated carbocycles. The number of anilines is 4. The Morgan fingerprint density at radius 1 is 0.367 bits per heavy atom. The van der Waals surface area contributed by atoms with Crippen LogP contribution in [0.1, 0.15) is 0 Å². The average Bonchev–Trinajstić information content (AvgIpc) is 3.54. The molecule has 1 aromatic heterocycles. The zero-order valence-corrected chi connectivity index (χ0v) is 27.6. The van der Waals surface area contributed by atoms with Crippen LogP contribution in [0.4, 0.5) is 22.7 Å². The maximum Gasteiger partial charge on any atom is 0.0468 e. The van der Waals surface area contributed by atoms with Gasteiger partial charge in [-0.25, -0.2) is 0 Å². The lowest BCUT2D eigenvalue weighted by Gasteiger charge is -2.26. The van der Waals surface area contributed by atoms with Crippen molar-refractivity contribution in [2.75, 3.05) is 10.6 Å². The summed E-state index contributed by atoms with van der Waals surface area (Å²) in [6, 6.07) is 65.1. The largest absolute Gasteiger partial charge is 0.398 e. The predicted octanol–water partition coefficient (Wildman–Crippen LogP) is 13.3. The molecule has 49 heavy (non-hydrogen) atoms. The number of thiophene rings is 1. The second kappa shape index (κ2) is 12.1. The van der Waals surface area contributed by atoms with Gasteiger partial charge in [0.15, 0.2) is 0 Å². The first-order valence-electron chi connectivity index (χ1n) is 16.6. The molecule has 0 aliphatic rings. The van der Waals surface area contributed by atoms with E-state index in [1.54, 1.807) is 0 Å². The first kappa shape index (κ1) is 29.0. The first-order chi connectivity index (χ1) is 24.2. The highest BCUT2D eigenvalue weighted by atomic mass is 32.1. The molecule has 0 bridgehead atoms. The fourth-order valence-electron chi connectivity index (χ4n) is 7.07. The van der Waals surface area contributed by atoms with Crippen LogP contribution < -0.4 is 10.6 Å². The molecule has 2 N–H and O–H groups in total. The third-order valence-electron chi connectivity index (χ3n) is 9.45. The Morgan fingerprint density at radius 2 is 0.918 bits per heavy atom. The van der Waals surface area contributed by atoms with E-state index in [0.29, 0.717) is 0 Å². The second-order valence-electron chi connectivity index (χ2n) is 12.4. The summed E-state index contributed by atoms with van der Waals surface area (Å²) in [4.78, 5) is 2.36. The zero-order valence-electron chi connectivity index (χ0n) is 26.8. The Morgan fingerprint density at radius 3 is 1.65 bits per heavy atom. The van der Waals surface area contributed by atoms with Gasteiger partial charge in [0, 0.05) is 48.3 Å². The molecule has 9 rings (SSSR count). The van der Waals surface area contributed by atoms with Gasteiger partial charge >= 0.3 is 0 Å². The van der Waals surface area contributed by atoms with Crippen molar-refractivity contribution >= 4 is 65.0 Å². The van der Waals surface area contributed by atoms with Crippen molar-refractivity contribution < 1.29 is 0 Å². The Kier molecular flexibility index (Phi) is 7.18. The summed E-state index contributed by atoms with van der Waals surface area (Å²) in [5.41, 5.74) is 17.8. The van der Waals surface area contributed by atoms with Gasteiger partial charge in [0.1, 0.15) is 0 Å². The topological polar surface area (TPSA) is 29.3 Å². The van der Waals surface area contributed by atoms with Gasteiger partial charge < -0.3 is 10.6 Å². The maximum atomic E-state index is 6.64. The molecule has 0 saturated heterocycles. The molecule has 0 fully saturated rings. The van der Waals surface area contributed by atoms with Gasteiger partial charge in [-0.15, -0.1) is 11.3 Å². The van der Waals surface area contributed by atoms with Crippen LogP contribution in [0.2, 0.25) is 0 Å². The van der Waals surface area contributed by atoms with Gasteiger partial charge in [-0.1, -0.05) is 127 Å². The highest BCUT2D eigenvalue weighted by molar-refractivity contribution is 7.25. The summed E-state index contributed by atoms with van der Waals surface area (Å²) in [6.07, 6.45) is 0. The Balaban J connectivity index is 1.16. The summed E-state index contributed by atoms with van der Waals surface area (Å²) in [5, 5.41) is 4.82. The van der Waals surface area contributed by atoms with Gasteiger partial charge in [-0.05, 0) is 93.4 Å². The lowest BCUT2D eigenvalue weighted by Crippen LogP contribution is -2.09. The molecule has 9 aromatic rings. The predicted molar refractivity (Wildman–Crippen MR) is 212 cm³/mol. The molecule has 0 unspecified atom stereocenters. The third-order valence-corrected chi connectivity index (χ3v) is 10.6. The molecular formula is C46H32N2S. The fraction of sp³-hybridized carbons (Fsp3) is 0. The van der Waals surface area contributed by atoms with Gasteiger partial charge in [-0.3, -0.25) is 0 Å². The Bertz CT molecular complexity index is 2590. The van der Waals surface area contributed by atoms with Crippen LogP contribution in [0.3, 0.4) is 0 Å². The number of hydrogen-bond donors (Lipinski definition) is 1. The van der Waals surface area contributed by atoms with Gasteiger partial charge in [-0.2, -0.15) is 0 Å². The van der Waals surface area contributed by atoms with Crippen molar-refractivity contribution in [3.05, 3.63) is 182 Å². The molecule has 0 aliphatic heterocycles. The third kappa shape index (κ3) is 5.22. The normalized spacial score (nSPS) is 11.3. The second-order valence-corrected chi connectivity index (χ2v) is 13.5. The molecule has 3 heteroatoms. The van der Waals surface area contributed by atoms with E-state index in [2.05, 4.69) is 175 Å². The molecule has 8 aromatic carbocycles. The van der Waals surface area contributed by atoms with E-state index in [0.717, 1.165) is 50.2 Å². The number of nitrogen functional groups attached to an aromatic ring is 1. The minimum absolute atomic E-state index is 0.788. The molecular weight excluding hydrogens is 613 g/mol. The number of nitrogens with zero attached hydrogens (tertiary/aromatic N) is 1. The summed E-state index contributed by atoms with van der Waals surface area (Å²) in [7, 11) is 0. The molecule has 0 atom stereocenters. The molecule has 0 aliphatic carbocycles. The number of fused-ring (bicyclic) bond motifs is 4. The number of rotatable bonds is 6. The van der Waals surface area contributed by atoms with Crippen molar-refractivity contribution in [1.29, 1.82) is 0 Å². The lowest BCUT2D eigenvalue weighted by atomic mass is 9.92. The summed E-state index contributed by atoms with van der Waals surface area (Å²) < 4.78 is 2.61. The summed E-state index contributed by atoms with van der Waals surface area (Å²) >= 11 is 1.85. The molecule has 232 valence electrons. The van der Waals surface area contributed by atoms with E-state index in [1.165, 1.54) is 36.9 Å². The quantitative estimate of drug-likeness (QED) is 0.183. The van der Waals surface area contributed by atoms with Crippen LogP contribution in [0.15, 0.2) is 182 Å². The minimum Gasteiger partial charge on any atom is -0.398 e. The average molecular weight is 645 g/mol. The van der Waals surface area contributed by atoms with Crippen LogP contribution in [-0.2, 0) is 0 Å². The molecule has 2 nitrogen and oxygen atoms in total. The van der Waals surface area contributed by atoms with Crippen LogP contribution >= 0.6 is 11.3 Å². The van der Waals surface area contributed by atoms with Crippen molar-refractivity contribution in [3.8, 4) is 33.4 Å². The maximum absolute atomic E-state index is 6.64. The number of benzene rings is 8. The van der Waals surface area contributed by atoms with Crippen LogP contribution in [0.5, 0.6) is 0 Å².